The molecule has 1 aromatic heterocycles. The quantitative estimate of drug-likeness (QED) is 0.386. The molecular weight excluding hydrogens is 453 g/mol. The molecule has 0 saturated heterocycles. The molecule has 1 atom stereocenters. The number of rotatable bonds is 6. The Hall–Kier alpha value is -4.33. The number of amides is 1. The topological polar surface area (TPSA) is 78.2 Å². The lowest BCUT2D eigenvalue weighted by Crippen LogP contribution is -2.29. The highest BCUT2D eigenvalue weighted by Gasteiger charge is 2.44. The fraction of sp³-hybridized carbons (Fsp3) is 0.185. The van der Waals surface area contributed by atoms with Crippen molar-refractivity contribution in [1.29, 1.82) is 0 Å². The molecule has 0 aliphatic carbocycles. The minimum atomic E-state index is -0.849. The van der Waals surface area contributed by atoms with Crippen molar-refractivity contribution in [3.05, 3.63) is 93.6 Å². The third-order valence-electron chi connectivity index (χ3n) is 5.97. The zero-order valence-electron chi connectivity index (χ0n) is 19.3. The molecule has 0 fully saturated rings. The van der Waals surface area contributed by atoms with Gasteiger partial charge in [0.1, 0.15) is 17.1 Å². The van der Waals surface area contributed by atoms with Crippen LogP contribution in [-0.2, 0) is 0 Å². The van der Waals surface area contributed by atoms with Crippen LogP contribution in [-0.4, -0.2) is 26.7 Å². The van der Waals surface area contributed by atoms with Gasteiger partial charge >= 0.3 is 0 Å². The van der Waals surface area contributed by atoms with Gasteiger partial charge in [-0.1, -0.05) is 12.1 Å². The number of ether oxygens (including phenoxy) is 3. The predicted molar refractivity (Wildman–Crippen MR) is 128 cm³/mol. The van der Waals surface area contributed by atoms with E-state index < -0.39 is 23.2 Å². The van der Waals surface area contributed by atoms with Crippen LogP contribution in [0.4, 0.5) is 10.1 Å². The third-order valence-corrected chi connectivity index (χ3v) is 5.97. The number of fused-ring (bicyclic) bond motifs is 2. The summed E-state index contributed by atoms with van der Waals surface area (Å²) in [5.74, 6) is 0.374. The first-order valence-corrected chi connectivity index (χ1v) is 11.0. The van der Waals surface area contributed by atoms with Crippen molar-refractivity contribution in [3.8, 4) is 17.2 Å². The van der Waals surface area contributed by atoms with Gasteiger partial charge in [-0.25, -0.2) is 4.39 Å². The number of carbonyl (C=O) groups is 1. The summed E-state index contributed by atoms with van der Waals surface area (Å²) in [7, 11) is 3.04. The van der Waals surface area contributed by atoms with Gasteiger partial charge in [0.2, 0.25) is 5.76 Å². The summed E-state index contributed by atoms with van der Waals surface area (Å²) < 4.78 is 36.4. The van der Waals surface area contributed by atoms with Gasteiger partial charge in [-0.05, 0) is 55.0 Å². The normalized spacial score (nSPS) is 14.8. The van der Waals surface area contributed by atoms with Crippen LogP contribution >= 0.6 is 0 Å². The molecule has 2 heterocycles. The highest BCUT2D eigenvalue weighted by Crippen LogP contribution is 2.43. The minimum Gasteiger partial charge on any atom is -0.497 e. The number of hydrogen-bond acceptors (Lipinski definition) is 6. The lowest BCUT2D eigenvalue weighted by Gasteiger charge is -2.26. The average molecular weight is 475 g/mol. The standard InChI is InChI=1S/C27H22FNO6/c1-4-34-21-10-8-15(12-22(21)33-3)24-23-25(30)19-13-16(28)9-11-20(19)35-26(23)27(31)29(24)17-6-5-7-18(14-17)32-2/h5-14,24H,4H2,1-3H3. The summed E-state index contributed by atoms with van der Waals surface area (Å²) >= 11 is 0. The van der Waals surface area contributed by atoms with Gasteiger partial charge in [-0.3, -0.25) is 14.5 Å². The molecule has 4 aromatic rings. The average Bonchev–Trinajstić information content (AvgIpc) is 3.17. The largest absolute Gasteiger partial charge is 0.497 e. The number of halogens is 1. The van der Waals surface area contributed by atoms with Crippen LogP contribution in [0.5, 0.6) is 17.2 Å². The molecule has 8 heteroatoms. The Labute approximate surface area is 200 Å². The molecule has 0 saturated carbocycles. The fourth-order valence-electron chi connectivity index (χ4n) is 4.42. The van der Waals surface area contributed by atoms with E-state index in [-0.39, 0.29) is 22.3 Å². The van der Waals surface area contributed by atoms with Gasteiger partial charge in [-0.2, -0.15) is 0 Å². The second kappa shape index (κ2) is 8.79. The number of benzene rings is 3. The first-order chi connectivity index (χ1) is 17.0. The van der Waals surface area contributed by atoms with Gasteiger partial charge in [0.25, 0.3) is 5.91 Å². The van der Waals surface area contributed by atoms with E-state index in [0.29, 0.717) is 35.1 Å². The van der Waals surface area contributed by atoms with Gasteiger partial charge in [0.05, 0.1) is 37.8 Å². The Morgan fingerprint density at radius 2 is 1.80 bits per heavy atom. The lowest BCUT2D eigenvalue weighted by atomic mass is 9.97. The van der Waals surface area contributed by atoms with Crippen LogP contribution in [0.25, 0.3) is 11.0 Å². The van der Waals surface area contributed by atoms with Crippen molar-refractivity contribution in [2.75, 3.05) is 25.7 Å². The number of hydrogen-bond donors (Lipinski definition) is 0. The van der Waals surface area contributed by atoms with Gasteiger partial charge in [-0.15, -0.1) is 0 Å². The lowest BCUT2D eigenvalue weighted by molar-refractivity contribution is 0.0971. The molecule has 178 valence electrons. The first-order valence-electron chi connectivity index (χ1n) is 11.0. The number of carbonyl (C=O) groups excluding carboxylic acids is 1. The molecule has 1 aliphatic rings. The highest BCUT2D eigenvalue weighted by atomic mass is 19.1. The van der Waals surface area contributed by atoms with Gasteiger partial charge < -0.3 is 18.6 Å². The molecule has 3 aromatic carbocycles. The monoisotopic (exact) mass is 475 g/mol. The van der Waals surface area contributed by atoms with E-state index in [2.05, 4.69) is 0 Å². The van der Waals surface area contributed by atoms with Crippen molar-refractivity contribution >= 4 is 22.6 Å². The predicted octanol–water partition coefficient (Wildman–Crippen LogP) is 5.10. The van der Waals surface area contributed by atoms with Crippen LogP contribution in [0.2, 0.25) is 0 Å². The molecule has 1 unspecified atom stereocenters. The van der Waals surface area contributed by atoms with Crippen molar-refractivity contribution in [2.24, 2.45) is 0 Å². The molecule has 7 nitrogen and oxygen atoms in total. The van der Waals surface area contributed by atoms with Gasteiger partial charge in [0.15, 0.2) is 16.9 Å². The molecular formula is C27H22FNO6. The van der Waals surface area contributed by atoms with E-state index in [0.717, 1.165) is 6.07 Å². The van der Waals surface area contributed by atoms with E-state index >= 15 is 0 Å². The second-order valence-corrected chi connectivity index (χ2v) is 7.94. The first kappa shape index (κ1) is 22.5. The zero-order valence-corrected chi connectivity index (χ0v) is 19.3. The maximum absolute atomic E-state index is 14.0. The molecule has 0 radical (unpaired) electrons. The van der Waals surface area contributed by atoms with Crippen LogP contribution in [0.1, 0.15) is 34.6 Å². The third kappa shape index (κ3) is 3.67. The highest BCUT2D eigenvalue weighted by molar-refractivity contribution is 6.10. The zero-order chi connectivity index (χ0) is 24.7. The maximum Gasteiger partial charge on any atom is 0.295 e. The Bertz CT molecular complexity index is 1510. The molecule has 35 heavy (non-hydrogen) atoms. The minimum absolute atomic E-state index is 0.0620. The summed E-state index contributed by atoms with van der Waals surface area (Å²) in [4.78, 5) is 28.8. The van der Waals surface area contributed by atoms with E-state index in [1.165, 1.54) is 31.3 Å². The van der Waals surface area contributed by atoms with Crippen LogP contribution in [0.3, 0.4) is 0 Å². The fourth-order valence-corrected chi connectivity index (χ4v) is 4.42. The summed E-state index contributed by atoms with van der Waals surface area (Å²) in [5, 5.41) is 0.0620. The van der Waals surface area contributed by atoms with Gasteiger partial charge in [0, 0.05) is 11.8 Å². The smallest absolute Gasteiger partial charge is 0.295 e. The van der Waals surface area contributed by atoms with E-state index in [4.69, 9.17) is 18.6 Å². The van der Waals surface area contributed by atoms with Crippen LogP contribution in [0, 0.1) is 5.82 Å². The Kier molecular flexibility index (Phi) is 5.64. The van der Waals surface area contributed by atoms with Crippen LogP contribution < -0.4 is 24.5 Å². The van der Waals surface area contributed by atoms with E-state index in [9.17, 15) is 14.0 Å². The molecule has 1 amide bonds. The summed E-state index contributed by atoms with van der Waals surface area (Å²) in [6.07, 6.45) is 0. The Balaban J connectivity index is 1.79. The van der Waals surface area contributed by atoms with Crippen molar-refractivity contribution < 1.29 is 27.8 Å². The second-order valence-electron chi connectivity index (χ2n) is 7.94. The maximum atomic E-state index is 14.0. The number of nitrogens with zero attached hydrogens (tertiary/aromatic N) is 1. The van der Waals surface area contributed by atoms with Crippen molar-refractivity contribution in [1.82, 2.24) is 0 Å². The summed E-state index contributed by atoms with van der Waals surface area (Å²) in [6.45, 7) is 2.30. The molecule has 0 bridgehead atoms. The molecule has 5 rings (SSSR count). The Morgan fingerprint density at radius 3 is 2.54 bits per heavy atom. The number of methoxy groups -OCH3 is 2. The molecule has 0 spiro atoms. The van der Waals surface area contributed by atoms with Crippen LogP contribution in [0.15, 0.2) is 69.9 Å². The molecule has 0 N–H and O–H groups in total. The Morgan fingerprint density at radius 1 is 0.971 bits per heavy atom. The SMILES string of the molecule is CCOc1ccc(C2c3c(oc4ccc(F)cc4c3=O)C(=O)N2c2cccc(OC)c2)cc1OC. The number of anilines is 1. The summed E-state index contributed by atoms with van der Waals surface area (Å²) in [6, 6.07) is 15.0. The molecule has 1 aliphatic heterocycles. The van der Waals surface area contributed by atoms with E-state index in [1.54, 1.807) is 42.5 Å². The summed E-state index contributed by atoms with van der Waals surface area (Å²) in [5.41, 5.74) is 0.898. The van der Waals surface area contributed by atoms with Crippen molar-refractivity contribution in [3.63, 3.8) is 0 Å². The van der Waals surface area contributed by atoms with E-state index in [1.807, 2.05) is 6.92 Å². The van der Waals surface area contributed by atoms with Crippen molar-refractivity contribution in [2.45, 2.75) is 13.0 Å².